The summed E-state index contributed by atoms with van der Waals surface area (Å²) in [7, 11) is 0. The Morgan fingerprint density at radius 2 is 1.89 bits per heavy atom. The van der Waals surface area contributed by atoms with Gasteiger partial charge in [0.1, 0.15) is 6.04 Å². The molecule has 0 bridgehead atoms. The van der Waals surface area contributed by atoms with Crippen LogP contribution in [-0.4, -0.2) is 66.5 Å². The first kappa shape index (κ1) is 19.8. The number of amides is 2. The second kappa shape index (κ2) is 9.85. The van der Waals surface area contributed by atoms with Crippen molar-refractivity contribution in [2.45, 2.75) is 51.3 Å². The predicted octanol–water partition coefficient (Wildman–Crippen LogP) is 1.79. The normalized spacial score (nSPS) is 22.3. The summed E-state index contributed by atoms with van der Waals surface area (Å²) in [5.41, 5.74) is 1.29. The van der Waals surface area contributed by atoms with Crippen molar-refractivity contribution in [3.63, 3.8) is 0 Å². The molecular weight excluding hydrogens is 342 g/mol. The lowest BCUT2D eigenvalue weighted by Gasteiger charge is -2.36. The molecule has 2 aliphatic heterocycles. The molecule has 148 valence electrons. The molecule has 0 aliphatic carbocycles. The third kappa shape index (κ3) is 6.04. The molecule has 1 N–H and O–H groups in total. The molecule has 0 aromatic heterocycles. The SMILES string of the molecule is CC(NC(=O)CC1CCCCO1)C(=O)N1CCN(Cc2ccccc2)CC1. The summed E-state index contributed by atoms with van der Waals surface area (Å²) < 4.78 is 5.61. The van der Waals surface area contributed by atoms with Crippen LogP contribution in [0.25, 0.3) is 0 Å². The Kier molecular flexibility index (Phi) is 7.24. The number of hydrogen-bond acceptors (Lipinski definition) is 4. The van der Waals surface area contributed by atoms with Gasteiger partial charge < -0.3 is 15.0 Å². The van der Waals surface area contributed by atoms with E-state index >= 15 is 0 Å². The molecular formula is C21H31N3O3. The third-order valence-corrected chi connectivity index (χ3v) is 5.37. The van der Waals surface area contributed by atoms with Crippen molar-refractivity contribution >= 4 is 11.8 Å². The average Bonchev–Trinajstić information content (AvgIpc) is 2.69. The molecule has 1 aromatic carbocycles. The van der Waals surface area contributed by atoms with Crippen LogP contribution < -0.4 is 5.32 Å². The minimum Gasteiger partial charge on any atom is -0.378 e. The van der Waals surface area contributed by atoms with Gasteiger partial charge in [-0.05, 0) is 31.7 Å². The first-order valence-electron chi connectivity index (χ1n) is 10.1. The van der Waals surface area contributed by atoms with Crippen molar-refractivity contribution in [1.29, 1.82) is 0 Å². The number of carbonyl (C=O) groups is 2. The second-order valence-electron chi connectivity index (χ2n) is 7.57. The van der Waals surface area contributed by atoms with Crippen LogP contribution >= 0.6 is 0 Å². The summed E-state index contributed by atoms with van der Waals surface area (Å²) in [4.78, 5) is 29.1. The van der Waals surface area contributed by atoms with Gasteiger partial charge in [-0.25, -0.2) is 0 Å². The van der Waals surface area contributed by atoms with Crippen molar-refractivity contribution < 1.29 is 14.3 Å². The number of piperazine rings is 1. The van der Waals surface area contributed by atoms with Gasteiger partial charge in [-0.3, -0.25) is 14.5 Å². The molecule has 2 saturated heterocycles. The van der Waals surface area contributed by atoms with Crippen molar-refractivity contribution in [1.82, 2.24) is 15.1 Å². The lowest BCUT2D eigenvalue weighted by Crippen LogP contribution is -2.54. The van der Waals surface area contributed by atoms with E-state index in [2.05, 4.69) is 34.5 Å². The highest BCUT2D eigenvalue weighted by atomic mass is 16.5. The highest BCUT2D eigenvalue weighted by Crippen LogP contribution is 2.15. The molecule has 0 saturated carbocycles. The lowest BCUT2D eigenvalue weighted by molar-refractivity contribution is -0.138. The number of carbonyl (C=O) groups excluding carboxylic acids is 2. The maximum absolute atomic E-state index is 12.7. The van der Waals surface area contributed by atoms with Gasteiger partial charge in [0.2, 0.25) is 11.8 Å². The standard InChI is InChI=1S/C21H31N3O3/c1-17(22-20(25)15-19-9-5-6-14-27-19)21(26)24-12-10-23(11-13-24)16-18-7-3-2-4-8-18/h2-4,7-8,17,19H,5-6,9-16H2,1H3,(H,22,25). The molecule has 6 heteroatoms. The number of nitrogens with zero attached hydrogens (tertiary/aromatic N) is 2. The number of nitrogens with one attached hydrogen (secondary N) is 1. The number of hydrogen-bond donors (Lipinski definition) is 1. The monoisotopic (exact) mass is 373 g/mol. The topological polar surface area (TPSA) is 61.9 Å². The summed E-state index contributed by atoms with van der Waals surface area (Å²) >= 11 is 0. The molecule has 2 fully saturated rings. The molecule has 2 aliphatic rings. The Balaban J connectivity index is 1.39. The fraction of sp³-hybridized carbons (Fsp3) is 0.619. The van der Waals surface area contributed by atoms with Gasteiger partial charge >= 0.3 is 0 Å². The average molecular weight is 373 g/mol. The Labute approximate surface area is 161 Å². The van der Waals surface area contributed by atoms with Crippen LogP contribution in [0.2, 0.25) is 0 Å². The maximum Gasteiger partial charge on any atom is 0.244 e. The van der Waals surface area contributed by atoms with E-state index in [1.54, 1.807) is 6.92 Å². The lowest BCUT2D eigenvalue weighted by atomic mass is 10.1. The summed E-state index contributed by atoms with van der Waals surface area (Å²) in [6.07, 6.45) is 3.47. The molecule has 1 aromatic rings. The van der Waals surface area contributed by atoms with Gasteiger partial charge in [0.25, 0.3) is 0 Å². The van der Waals surface area contributed by atoms with E-state index in [9.17, 15) is 9.59 Å². The first-order chi connectivity index (χ1) is 13.1. The van der Waals surface area contributed by atoms with Gasteiger partial charge in [0, 0.05) is 39.3 Å². The summed E-state index contributed by atoms with van der Waals surface area (Å²) in [5.74, 6) is -0.0854. The Morgan fingerprint density at radius 3 is 2.56 bits per heavy atom. The van der Waals surface area contributed by atoms with E-state index in [1.165, 1.54) is 5.56 Å². The van der Waals surface area contributed by atoms with Crippen LogP contribution in [0.5, 0.6) is 0 Å². The van der Waals surface area contributed by atoms with Gasteiger partial charge in [-0.2, -0.15) is 0 Å². The summed E-state index contributed by atoms with van der Waals surface area (Å²) in [6, 6.07) is 9.91. The highest BCUT2D eigenvalue weighted by Gasteiger charge is 2.27. The van der Waals surface area contributed by atoms with Crippen LogP contribution in [-0.2, 0) is 20.9 Å². The van der Waals surface area contributed by atoms with E-state index < -0.39 is 6.04 Å². The van der Waals surface area contributed by atoms with Crippen molar-refractivity contribution in [3.05, 3.63) is 35.9 Å². The first-order valence-corrected chi connectivity index (χ1v) is 10.1. The Hall–Kier alpha value is -1.92. The van der Waals surface area contributed by atoms with Crippen LogP contribution in [0.1, 0.15) is 38.2 Å². The highest BCUT2D eigenvalue weighted by molar-refractivity contribution is 5.87. The molecule has 2 heterocycles. The fourth-order valence-electron chi connectivity index (χ4n) is 3.78. The largest absolute Gasteiger partial charge is 0.378 e. The van der Waals surface area contributed by atoms with E-state index in [-0.39, 0.29) is 17.9 Å². The number of rotatable bonds is 6. The summed E-state index contributed by atoms with van der Waals surface area (Å²) in [6.45, 7) is 6.55. The fourth-order valence-corrected chi connectivity index (χ4v) is 3.78. The molecule has 27 heavy (non-hydrogen) atoms. The molecule has 2 unspecified atom stereocenters. The van der Waals surface area contributed by atoms with Crippen molar-refractivity contribution in [2.75, 3.05) is 32.8 Å². The smallest absolute Gasteiger partial charge is 0.244 e. The second-order valence-corrected chi connectivity index (χ2v) is 7.57. The zero-order valence-electron chi connectivity index (χ0n) is 16.2. The van der Waals surface area contributed by atoms with Crippen molar-refractivity contribution in [3.8, 4) is 0 Å². The van der Waals surface area contributed by atoms with Gasteiger partial charge in [-0.15, -0.1) is 0 Å². The zero-order chi connectivity index (χ0) is 19.1. The van der Waals surface area contributed by atoms with Gasteiger partial charge in [0.05, 0.1) is 12.5 Å². The molecule has 2 atom stereocenters. The molecule has 0 spiro atoms. The van der Waals surface area contributed by atoms with Crippen LogP contribution in [0, 0.1) is 0 Å². The Morgan fingerprint density at radius 1 is 1.15 bits per heavy atom. The van der Waals surface area contributed by atoms with E-state index in [0.29, 0.717) is 19.5 Å². The van der Waals surface area contributed by atoms with Gasteiger partial charge in [0.15, 0.2) is 0 Å². The maximum atomic E-state index is 12.7. The van der Waals surface area contributed by atoms with Crippen LogP contribution in [0.15, 0.2) is 30.3 Å². The zero-order valence-corrected chi connectivity index (χ0v) is 16.2. The predicted molar refractivity (Wildman–Crippen MR) is 104 cm³/mol. The molecule has 0 radical (unpaired) electrons. The summed E-state index contributed by atoms with van der Waals surface area (Å²) in [5, 5.41) is 2.85. The van der Waals surface area contributed by atoms with Crippen LogP contribution in [0.4, 0.5) is 0 Å². The van der Waals surface area contributed by atoms with E-state index in [1.807, 2.05) is 11.0 Å². The van der Waals surface area contributed by atoms with Gasteiger partial charge in [-0.1, -0.05) is 30.3 Å². The third-order valence-electron chi connectivity index (χ3n) is 5.37. The van der Waals surface area contributed by atoms with Crippen LogP contribution in [0.3, 0.4) is 0 Å². The molecule has 2 amide bonds. The Bertz CT molecular complexity index is 608. The minimum atomic E-state index is -0.484. The van der Waals surface area contributed by atoms with E-state index in [0.717, 1.165) is 45.5 Å². The van der Waals surface area contributed by atoms with Crippen molar-refractivity contribution in [2.24, 2.45) is 0 Å². The minimum absolute atomic E-state index is 0.00239. The molecule has 3 rings (SSSR count). The number of benzene rings is 1. The van der Waals surface area contributed by atoms with E-state index in [4.69, 9.17) is 4.74 Å². The number of ether oxygens (including phenoxy) is 1. The molecule has 6 nitrogen and oxygen atoms in total. The quantitative estimate of drug-likeness (QED) is 0.826.